The van der Waals surface area contributed by atoms with E-state index in [1.165, 1.54) is 11.8 Å². The first-order valence-corrected chi connectivity index (χ1v) is 14.4. The van der Waals surface area contributed by atoms with E-state index in [9.17, 15) is 13.2 Å². The highest BCUT2D eigenvalue weighted by Crippen LogP contribution is 2.42. The number of aryl methyl sites for hydroxylation is 1. The summed E-state index contributed by atoms with van der Waals surface area (Å²) in [6.45, 7) is 4.50. The highest BCUT2D eigenvalue weighted by molar-refractivity contribution is 7.99. The highest BCUT2D eigenvalue weighted by Gasteiger charge is 2.46. The Labute approximate surface area is 194 Å². The number of aromatic nitrogens is 2. The molecular weight excluding hydrogens is 448 g/mol. The number of carbonyl (C=O) groups is 1. The van der Waals surface area contributed by atoms with Gasteiger partial charge in [0.25, 0.3) is 0 Å². The largest absolute Gasteiger partial charge is 0.466 e. The summed E-state index contributed by atoms with van der Waals surface area (Å²) in [5, 5.41) is 3.16. The third-order valence-corrected chi connectivity index (χ3v) is 11.3. The molecule has 0 aliphatic carbocycles. The summed E-state index contributed by atoms with van der Waals surface area (Å²) in [6, 6.07) is 0. The maximum absolute atomic E-state index is 12.4. The fraction of sp³-hybridized carbons (Fsp3) is 0.773. The predicted molar refractivity (Wildman–Crippen MR) is 125 cm³/mol. The molecular formula is C22H32N4O4S2. The van der Waals surface area contributed by atoms with Gasteiger partial charge < -0.3 is 15.0 Å². The first-order valence-electron chi connectivity index (χ1n) is 11.8. The number of piperidine rings is 1. The quantitative estimate of drug-likeness (QED) is 0.616. The van der Waals surface area contributed by atoms with Gasteiger partial charge in [-0.15, -0.1) is 11.8 Å². The zero-order valence-electron chi connectivity index (χ0n) is 18.6. The van der Waals surface area contributed by atoms with Gasteiger partial charge in [0.15, 0.2) is 9.84 Å². The molecule has 10 heteroatoms. The van der Waals surface area contributed by atoms with Gasteiger partial charge in [0, 0.05) is 38.7 Å². The number of ether oxygens (including phenoxy) is 1. The van der Waals surface area contributed by atoms with Crippen molar-refractivity contribution in [3.05, 3.63) is 5.69 Å². The summed E-state index contributed by atoms with van der Waals surface area (Å²) in [4.78, 5) is 24.4. The number of thioether (sulfide) groups is 1. The fourth-order valence-corrected chi connectivity index (χ4v) is 9.28. The van der Waals surface area contributed by atoms with E-state index in [2.05, 4.69) is 10.2 Å². The van der Waals surface area contributed by atoms with Crippen molar-refractivity contribution in [3.8, 4) is 0 Å². The summed E-state index contributed by atoms with van der Waals surface area (Å²) in [5.41, 5.74) is 1.12. The predicted octanol–water partition coefficient (Wildman–Crippen LogP) is 2.67. The van der Waals surface area contributed by atoms with Crippen molar-refractivity contribution in [1.82, 2.24) is 9.97 Å². The van der Waals surface area contributed by atoms with Gasteiger partial charge in [0.1, 0.15) is 5.82 Å². The fourth-order valence-electron chi connectivity index (χ4n) is 5.61. The standard InChI is InChI=1S/C22H32N4O4S2/c1-14(27)30-13-15-4-7-26(8-5-15)21-20-19(6-9-31-20)24-22(25-21)23-12-16-10-17-2-3-18(11-16)32(17,28)29/h15-18H,2-13H2,1H3,(H,23,24,25). The lowest BCUT2D eigenvalue weighted by molar-refractivity contribution is -0.142. The first-order chi connectivity index (χ1) is 15.4. The molecule has 0 saturated carbocycles. The Kier molecular flexibility index (Phi) is 6.26. The second-order valence-corrected chi connectivity index (χ2v) is 13.2. The molecule has 5 heterocycles. The number of anilines is 2. The summed E-state index contributed by atoms with van der Waals surface area (Å²) in [6.07, 6.45) is 6.10. The summed E-state index contributed by atoms with van der Waals surface area (Å²) < 4.78 is 29.9. The molecule has 2 atom stereocenters. The number of hydrogen-bond donors (Lipinski definition) is 1. The zero-order valence-corrected chi connectivity index (χ0v) is 20.2. The number of rotatable bonds is 6. The van der Waals surface area contributed by atoms with E-state index >= 15 is 0 Å². The average Bonchev–Trinajstić information content (AvgIpc) is 3.26. The van der Waals surface area contributed by atoms with Crippen molar-refractivity contribution in [3.63, 3.8) is 0 Å². The molecule has 32 heavy (non-hydrogen) atoms. The number of fused-ring (bicyclic) bond motifs is 3. The van der Waals surface area contributed by atoms with Crippen LogP contribution in [0.25, 0.3) is 0 Å². The van der Waals surface area contributed by atoms with Crippen LogP contribution < -0.4 is 10.2 Å². The van der Waals surface area contributed by atoms with E-state index in [0.29, 0.717) is 24.4 Å². The molecule has 4 aliphatic heterocycles. The molecule has 0 spiro atoms. The molecule has 5 rings (SSSR count). The lowest BCUT2D eigenvalue weighted by Crippen LogP contribution is -2.37. The van der Waals surface area contributed by atoms with Crippen LogP contribution in [0.3, 0.4) is 0 Å². The summed E-state index contributed by atoms with van der Waals surface area (Å²) in [5.74, 6) is 3.29. The van der Waals surface area contributed by atoms with Gasteiger partial charge in [-0.1, -0.05) is 0 Å². The van der Waals surface area contributed by atoms with E-state index < -0.39 is 9.84 Å². The normalized spacial score (nSPS) is 29.0. The monoisotopic (exact) mass is 480 g/mol. The van der Waals surface area contributed by atoms with Crippen molar-refractivity contribution in [1.29, 1.82) is 0 Å². The number of carbonyl (C=O) groups excluding carboxylic acids is 1. The van der Waals surface area contributed by atoms with Crippen LogP contribution >= 0.6 is 11.8 Å². The number of sulfone groups is 1. The minimum absolute atomic E-state index is 0.144. The minimum atomic E-state index is -2.88. The minimum Gasteiger partial charge on any atom is -0.466 e. The summed E-state index contributed by atoms with van der Waals surface area (Å²) >= 11 is 1.84. The van der Waals surface area contributed by atoms with E-state index in [1.807, 2.05) is 11.8 Å². The van der Waals surface area contributed by atoms with Crippen molar-refractivity contribution in [2.75, 3.05) is 42.2 Å². The molecule has 4 aliphatic rings. The first kappa shape index (κ1) is 22.3. The second kappa shape index (κ2) is 9.00. The van der Waals surface area contributed by atoms with Gasteiger partial charge >= 0.3 is 5.97 Å². The zero-order chi connectivity index (χ0) is 22.3. The number of esters is 1. The van der Waals surface area contributed by atoms with Crippen molar-refractivity contribution < 1.29 is 17.9 Å². The van der Waals surface area contributed by atoms with Crippen molar-refractivity contribution in [2.45, 2.75) is 67.3 Å². The van der Waals surface area contributed by atoms with Crippen LogP contribution in [-0.2, 0) is 25.8 Å². The lowest BCUT2D eigenvalue weighted by Gasteiger charge is -2.33. The Hall–Kier alpha value is -1.55. The highest BCUT2D eigenvalue weighted by atomic mass is 32.2. The third kappa shape index (κ3) is 4.44. The van der Waals surface area contributed by atoms with Gasteiger partial charge in [0.05, 0.1) is 27.7 Å². The molecule has 0 amide bonds. The molecule has 2 unspecified atom stereocenters. The van der Waals surface area contributed by atoms with Crippen LogP contribution in [0.1, 0.15) is 51.1 Å². The number of nitrogens with one attached hydrogen (secondary N) is 1. The second-order valence-electron chi connectivity index (χ2n) is 9.61. The Morgan fingerprint density at radius 3 is 2.53 bits per heavy atom. The Balaban J connectivity index is 1.24. The maximum atomic E-state index is 12.4. The molecule has 0 radical (unpaired) electrons. The molecule has 176 valence electrons. The number of nitrogens with zero attached hydrogens (tertiary/aromatic N) is 3. The van der Waals surface area contributed by atoms with Crippen LogP contribution in [0, 0.1) is 11.8 Å². The van der Waals surface area contributed by atoms with Crippen molar-refractivity contribution >= 4 is 39.3 Å². The smallest absolute Gasteiger partial charge is 0.302 e. The van der Waals surface area contributed by atoms with Gasteiger partial charge in [-0.05, 0) is 50.4 Å². The number of hydrogen-bond acceptors (Lipinski definition) is 9. The maximum Gasteiger partial charge on any atom is 0.302 e. The molecule has 8 nitrogen and oxygen atoms in total. The van der Waals surface area contributed by atoms with Crippen LogP contribution in [0.15, 0.2) is 4.90 Å². The van der Waals surface area contributed by atoms with Gasteiger partial charge in [0.2, 0.25) is 5.95 Å². The van der Waals surface area contributed by atoms with Crippen LogP contribution in [0.2, 0.25) is 0 Å². The molecule has 3 fully saturated rings. The van der Waals surface area contributed by atoms with Crippen LogP contribution in [0.4, 0.5) is 11.8 Å². The van der Waals surface area contributed by atoms with Crippen LogP contribution in [-0.4, -0.2) is 66.8 Å². The topological polar surface area (TPSA) is 101 Å². The van der Waals surface area contributed by atoms with E-state index in [0.717, 1.165) is 81.8 Å². The van der Waals surface area contributed by atoms with Gasteiger partial charge in [-0.2, -0.15) is 4.98 Å². The van der Waals surface area contributed by atoms with Crippen LogP contribution in [0.5, 0.6) is 0 Å². The van der Waals surface area contributed by atoms with E-state index in [1.54, 1.807) is 0 Å². The molecule has 1 aromatic rings. The van der Waals surface area contributed by atoms with Gasteiger partial charge in [-0.3, -0.25) is 4.79 Å². The SMILES string of the molecule is CC(=O)OCC1CCN(c2nc(NCC3CC4CCC(C3)S4(=O)=O)nc3c2SCC3)CC1. The molecule has 1 aromatic heterocycles. The molecule has 3 saturated heterocycles. The molecule has 0 aromatic carbocycles. The van der Waals surface area contributed by atoms with Gasteiger partial charge in [-0.25, -0.2) is 13.4 Å². The van der Waals surface area contributed by atoms with Crippen molar-refractivity contribution in [2.24, 2.45) is 11.8 Å². The Morgan fingerprint density at radius 2 is 1.84 bits per heavy atom. The van der Waals surface area contributed by atoms with E-state index in [4.69, 9.17) is 14.7 Å². The third-order valence-electron chi connectivity index (χ3n) is 7.42. The Morgan fingerprint density at radius 1 is 1.12 bits per heavy atom. The molecule has 2 bridgehead atoms. The van der Waals surface area contributed by atoms with E-state index in [-0.39, 0.29) is 16.5 Å². The summed E-state index contributed by atoms with van der Waals surface area (Å²) in [7, 11) is -2.88. The average molecular weight is 481 g/mol. The lowest BCUT2D eigenvalue weighted by atomic mass is 9.98. The molecule has 1 N–H and O–H groups in total. The Bertz CT molecular complexity index is 958.